The molecule has 0 atom stereocenters. The quantitative estimate of drug-likeness (QED) is 0.609. The van der Waals surface area contributed by atoms with E-state index >= 15 is 0 Å². The normalized spacial score (nSPS) is 10.8. The molecule has 7 heteroatoms. The molecule has 0 aliphatic rings. The lowest BCUT2D eigenvalue weighted by Crippen LogP contribution is -2.34. The highest BCUT2D eigenvalue weighted by atomic mass is 35.5. The fourth-order valence-electron chi connectivity index (χ4n) is 2.77. The zero-order chi connectivity index (χ0) is 19.6. The van der Waals surface area contributed by atoms with Crippen molar-refractivity contribution in [3.8, 4) is 5.75 Å². The summed E-state index contributed by atoms with van der Waals surface area (Å²) < 4.78 is 23.8. The Hall–Kier alpha value is -2.86. The first kappa shape index (κ1) is 18.9. The van der Waals surface area contributed by atoms with Crippen LogP contribution in [-0.4, -0.2) is 19.1 Å². The fraction of sp³-hybridized carbons (Fsp3) is 0.200. The molecule has 0 aliphatic heterocycles. The lowest BCUT2D eigenvalue weighted by atomic mass is 10.1. The molecule has 0 unspecified atom stereocenters. The van der Waals surface area contributed by atoms with Gasteiger partial charge in [0.05, 0.1) is 5.02 Å². The Morgan fingerprint density at radius 2 is 1.93 bits per heavy atom. The first-order valence-corrected chi connectivity index (χ1v) is 8.69. The maximum absolute atomic E-state index is 13.1. The molecule has 27 heavy (non-hydrogen) atoms. The number of benzene rings is 2. The number of carbonyl (C=O) groups excluding carboxylic acids is 1. The molecule has 0 spiro atoms. The standard InChI is InChI=1S/C20H17ClFNO4/c1-3-23(14-6-4-13(22)5-7-14)19(24)11-26-18-10-17-15(9-16(18)21)12(2)8-20(25)27-17/h4-10H,3,11H2,1-2H3. The van der Waals surface area contributed by atoms with Crippen LogP contribution >= 0.6 is 11.6 Å². The summed E-state index contributed by atoms with van der Waals surface area (Å²) in [6.07, 6.45) is 0. The monoisotopic (exact) mass is 389 g/mol. The molecule has 0 radical (unpaired) electrons. The zero-order valence-electron chi connectivity index (χ0n) is 14.8. The summed E-state index contributed by atoms with van der Waals surface area (Å²) in [5, 5.41) is 0.997. The van der Waals surface area contributed by atoms with E-state index in [4.69, 9.17) is 20.8 Å². The summed E-state index contributed by atoms with van der Waals surface area (Å²) in [7, 11) is 0. The third-order valence-electron chi connectivity index (χ3n) is 4.11. The average molecular weight is 390 g/mol. The maximum Gasteiger partial charge on any atom is 0.336 e. The molecule has 0 saturated heterocycles. The van der Waals surface area contributed by atoms with Gasteiger partial charge in [0.25, 0.3) is 5.91 Å². The van der Waals surface area contributed by atoms with Crippen molar-refractivity contribution in [2.75, 3.05) is 18.1 Å². The first-order chi connectivity index (χ1) is 12.9. The summed E-state index contributed by atoms with van der Waals surface area (Å²) in [5.74, 6) is -0.453. The van der Waals surface area contributed by atoms with Gasteiger partial charge in [-0.1, -0.05) is 11.6 Å². The van der Waals surface area contributed by atoms with Crippen molar-refractivity contribution in [1.29, 1.82) is 0 Å². The van der Waals surface area contributed by atoms with Crippen molar-refractivity contribution < 1.29 is 18.3 Å². The van der Waals surface area contributed by atoms with Crippen molar-refractivity contribution in [2.45, 2.75) is 13.8 Å². The summed E-state index contributed by atoms with van der Waals surface area (Å²) >= 11 is 6.23. The summed E-state index contributed by atoms with van der Waals surface area (Å²) in [6, 6.07) is 10.1. The number of carbonyl (C=O) groups is 1. The van der Waals surface area contributed by atoms with Crippen LogP contribution in [0.25, 0.3) is 11.0 Å². The van der Waals surface area contributed by atoms with E-state index in [1.807, 2.05) is 6.92 Å². The predicted octanol–water partition coefficient (Wildman–Crippen LogP) is 4.33. The second kappa shape index (κ2) is 7.80. The first-order valence-electron chi connectivity index (χ1n) is 8.31. The molecule has 0 bridgehead atoms. The Labute approximate surface area is 159 Å². The largest absolute Gasteiger partial charge is 0.482 e. The topological polar surface area (TPSA) is 59.8 Å². The summed E-state index contributed by atoms with van der Waals surface area (Å²) in [6.45, 7) is 3.71. The number of rotatable bonds is 5. The Morgan fingerprint density at radius 3 is 2.59 bits per heavy atom. The number of aryl methyl sites for hydroxylation is 1. The van der Waals surface area contributed by atoms with Crippen molar-refractivity contribution >= 4 is 34.2 Å². The molecule has 1 aromatic heterocycles. The number of likely N-dealkylation sites (N-methyl/N-ethyl adjacent to an activating group) is 1. The molecule has 0 aliphatic carbocycles. The van der Waals surface area contributed by atoms with Gasteiger partial charge in [0, 0.05) is 29.8 Å². The molecule has 0 saturated carbocycles. The van der Waals surface area contributed by atoms with Gasteiger partial charge < -0.3 is 14.1 Å². The number of fused-ring (bicyclic) bond motifs is 1. The highest BCUT2D eigenvalue weighted by Gasteiger charge is 2.16. The number of anilines is 1. The van der Waals surface area contributed by atoms with E-state index in [-0.39, 0.29) is 24.1 Å². The number of halogens is 2. The Kier molecular flexibility index (Phi) is 5.46. The minimum atomic E-state index is -0.474. The third kappa shape index (κ3) is 4.11. The molecule has 0 fully saturated rings. The van der Waals surface area contributed by atoms with Crippen LogP contribution in [0.15, 0.2) is 51.7 Å². The fourth-order valence-corrected chi connectivity index (χ4v) is 2.99. The second-order valence-electron chi connectivity index (χ2n) is 5.93. The van der Waals surface area contributed by atoms with Gasteiger partial charge in [-0.3, -0.25) is 4.79 Å². The highest BCUT2D eigenvalue weighted by Crippen LogP contribution is 2.31. The maximum atomic E-state index is 13.1. The molecule has 2 aromatic carbocycles. The minimum Gasteiger partial charge on any atom is -0.482 e. The van der Waals surface area contributed by atoms with Crippen LogP contribution in [0.3, 0.4) is 0 Å². The SMILES string of the molecule is CCN(C(=O)COc1cc2oc(=O)cc(C)c2cc1Cl)c1ccc(F)cc1. The molecule has 3 aromatic rings. The van der Waals surface area contributed by atoms with E-state index in [0.717, 1.165) is 5.56 Å². The molecular weight excluding hydrogens is 373 g/mol. The molecule has 1 heterocycles. The Balaban J connectivity index is 1.80. The lowest BCUT2D eigenvalue weighted by Gasteiger charge is -2.21. The van der Waals surface area contributed by atoms with Crippen LogP contribution in [0.5, 0.6) is 5.75 Å². The van der Waals surface area contributed by atoms with Gasteiger partial charge in [0.15, 0.2) is 6.61 Å². The second-order valence-corrected chi connectivity index (χ2v) is 6.34. The molecule has 1 amide bonds. The Bertz CT molecular complexity index is 1050. The number of nitrogens with zero attached hydrogens (tertiary/aromatic N) is 1. The van der Waals surface area contributed by atoms with Gasteiger partial charge in [-0.2, -0.15) is 0 Å². The Morgan fingerprint density at radius 1 is 1.22 bits per heavy atom. The van der Waals surface area contributed by atoms with Crippen LogP contribution in [-0.2, 0) is 4.79 Å². The molecule has 0 N–H and O–H groups in total. The molecule has 140 valence electrons. The van der Waals surface area contributed by atoms with Crippen LogP contribution in [0.1, 0.15) is 12.5 Å². The van der Waals surface area contributed by atoms with E-state index in [1.165, 1.54) is 41.3 Å². The van der Waals surface area contributed by atoms with Crippen LogP contribution in [0.4, 0.5) is 10.1 Å². The number of hydrogen-bond donors (Lipinski definition) is 0. The van der Waals surface area contributed by atoms with Crippen molar-refractivity contribution in [3.05, 3.63) is 69.3 Å². The lowest BCUT2D eigenvalue weighted by molar-refractivity contribution is -0.120. The van der Waals surface area contributed by atoms with Crippen LogP contribution < -0.4 is 15.3 Å². The van der Waals surface area contributed by atoms with E-state index in [2.05, 4.69) is 0 Å². The molecular formula is C20H17ClFNO4. The van der Waals surface area contributed by atoms with Gasteiger partial charge in [-0.25, -0.2) is 9.18 Å². The van der Waals surface area contributed by atoms with Gasteiger partial charge >= 0.3 is 5.63 Å². The molecule has 3 rings (SSSR count). The number of amides is 1. The molecule has 5 nitrogen and oxygen atoms in total. The number of ether oxygens (including phenoxy) is 1. The minimum absolute atomic E-state index is 0.237. The van der Waals surface area contributed by atoms with E-state index in [1.54, 1.807) is 13.0 Å². The zero-order valence-corrected chi connectivity index (χ0v) is 15.5. The summed E-state index contributed by atoms with van der Waals surface area (Å²) in [5.41, 5.74) is 1.16. The van der Waals surface area contributed by atoms with Gasteiger partial charge in [0.1, 0.15) is 17.1 Å². The van der Waals surface area contributed by atoms with E-state index in [9.17, 15) is 14.0 Å². The van der Waals surface area contributed by atoms with Crippen molar-refractivity contribution in [2.24, 2.45) is 0 Å². The van der Waals surface area contributed by atoms with Gasteiger partial charge in [-0.05, 0) is 49.7 Å². The third-order valence-corrected chi connectivity index (χ3v) is 4.41. The predicted molar refractivity (Wildman–Crippen MR) is 102 cm³/mol. The van der Waals surface area contributed by atoms with Crippen LogP contribution in [0.2, 0.25) is 5.02 Å². The van der Waals surface area contributed by atoms with Crippen molar-refractivity contribution in [3.63, 3.8) is 0 Å². The summed E-state index contributed by atoms with van der Waals surface area (Å²) in [4.78, 5) is 25.5. The van der Waals surface area contributed by atoms with E-state index < -0.39 is 5.63 Å². The van der Waals surface area contributed by atoms with Crippen molar-refractivity contribution in [1.82, 2.24) is 0 Å². The van der Waals surface area contributed by atoms with Crippen LogP contribution in [0, 0.1) is 12.7 Å². The number of hydrogen-bond acceptors (Lipinski definition) is 4. The average Bonchev–Trinajstić information content (AvgIpc) is 2.63. The smallest absolute Gasteiger partial charge is 0.336 e. The van der Waals surface area contributed by atoms with E-state index in [0.29, 0.717) is 28.2 Å². The van der Waals surface area contributed by atoms with Gasteiger partial charge in [0.2, 0.25) is 0 Å². The van der Waals surface area contributed by atoms with Gasteiger partial charge in [-0.15, -0.1) is 0 Å². The highest BCUT2D eigenvalue weighted by molar-refractivity contribution is 6.32.